The Balaban J connectivity index is 1.83. The predicted octanol–water partition coefficient (Wildman–Crippen LogP) is 2.35. The van der Waals surface area contributed by atoms with Crippen LogP contribution in [0.2, 0.25) is 0 Å². The molecule has 0 spiro atoms. The molecule has 4 rings (SSSR count). The second-order valence-corrected chi connectivity index (χ2v) is 6.14. The van der Waals surface area contributed by atoms with Gasteiger partial charge < -0.3 is 15.1 Å². The number of likely N-dealkylation sites (N-methyl/N-ethyl adjacent to an activating group) is 1. The zero-order valence-electron chi connectivity index (χ0n) is 12.8. The third-order valence-electron chi connectivity index (χ3n) is 4.57. The Hall–Kier alpha value is -2.30. The van der Waals surface area contributed by atoms with Gasteiger partial charge in [-0.2, -0.15) is 0 Å². The van der Waals surface area contributed by atoms with Crippen molar-refractivity contribution in [2.75, 3.05) is 32.0 Å². The van der Waals surface area contributed by atoms with Gasteiger partial charge in [0, 0.05) is 25.7 Å². The van der Waals surface area contributed by atoms with Crippen molar-refractivity contribution in [3.63, 3.8) is 0 Å². The number of hydrogen-bond acceptors (Lipinski definition) is 4. The molecule has 1 amide bonds. The van der Waals surface area contributed by atoms with E-state index < -0.39 is 0 Å². The Labute approximate surface area is 130 Å². The summed E-state index contributed by atoms with van der Waals surface area (Å²) in [5, 5.41) is 3.32. The molecule has 3 heterocycles. The fourth-order valence-electron chi connectivity index (χ4n) is 3.38. The number of carbonyl (C=O) groups is 1. The maximum atomic E-state index is 12.5. The molecule has 0 saturated carbocycles. The Bertz CT molecular complexity index is 686. The summed E-state index contributed by atoms with van der Waals surface area (Å²) in [4.78, 5) is 21.5. The summed E-state index contributed by atoms with van der Waals surface area (Å²) in [5.41, 5.74) is 3.54. The molecule has 3 aliphatic rings. The van der Waals surface area contributed by atoms with Gasteiger partial charge in [0.25, 0.3) is 5.91 Å². The Morgan fingerprint density at radius 2 is 1.91 bits per heavy atom. The van der Waals surface area contributed by atoms with Crippen LogP contribution in [0.3, 0.4) is 0 Å². The number of likely N-dealkylation sites (tertiary alicyclic amines) is 1. The molecule has 0 aromatic heterocycles. The number of rotatable bonds is 0. The van der Waals surface area contributed by atoms with Gasteiger partial charge in [0.1, 0.15) is 11.5 Å². The van der Waals surface area contributed by atoms with Crippen LogP contribution in [0, 0.1) is 0 Å². The molecule has 1 aromatic rings. The normalized spacial score (nSPS) is 21.1. The van der Waals surface area contributed by atoms with Crippen LogP contribution in [0.15, 0.2) is 40.5 Å². The third kappa shape index (κ3) is 2.08. The molecule has 3 aliphatic heterocycles. The van der Waals surface area contributed by atoms with Gasteiger partial charge in [0.2, 0.25) is 0 Å². The molecule has 22 heavy (non-hydrogen) atoms. The van der Waals surface area contributed by atoms with Crippen LogP contribution >= 0.6 is 0 Å². The first-order valence-electron chi connectivity index (χ1n) is 7.93. The van der Waals surface area contributed by atoms with E-state index in [0.29, 0.717) is 12.2 Å². The summed E-state index contributed by atoms with van der Waals surface area (Å²) in [6, 6.07) is 7.94. The maximum absolute atomic E-state index is 12.5. The molecular formula is C17H20N4O. The average Bonchev–Trinajstić information content (AvgIpc) is 2.74. The van der Waals surface area contributed by atoms with E-state index in [9.17, 15) is 4.79 Å². The number of benzene rings is 1. The summed E-state index contributed by atoms with van der Waals surface area (Å²) in [7, 11) is 1.85. The quantitative estimate of drug-likeness (QED) is 0.799. The minimum atomic E-state index is 0.0522. The lowest BCUT2D eigenvalue weighted by Crippen LogP contribution is -2.37. The minimum absolute atomic E-state index is 0.0522. The Morgan fingerprint density at radius 1 is 1.14 bits per heavy atom. The number of aliphatic imine (C=N–C) groups is 1. The van der Waals surface area contributed by atoms with Crippen LogP contribution in [0.1, 0.15) is 19.3 Å². The van der Waals surface area contributed by atoms with Gasteiger partial charge >= 0.3 is 0 Å². The second-order valence-electron chi connectivity index (χ2n) is 6.14. The molecule has 1 fully saturated rings. The van der Waals surface area contributed by atoms with E-state index in [1.54, 1.807) is 4.90 Å². The van der Waals surface area contributed by atoms with Gasteiger partial charge in [-0.3, -0.25) is 4.79 Å². The number of nitrogens with zero attached hydrogens (tertiary/aromatic N) is 3. The zero-order chi connectivity index (χ0) is 15.1. The van der Waals surface area contributed by atoms with E-state index >= 15 is 0 Å². The molecule has 1 saturated heterocycles. The smallest absolute Gasteiger partial charge is 0.270 e. The fraction of sp³-hybridized carbons (Fsp3) is 0.412. The van der Waals surface area contributed by atoms with Gasteiger partial charge in [0.05, 0.1) is 17.9 Å². The van der Waals surface area contributed by atoms with Crippen molar-refractivity contribution in [1.82, 2.24) is 9.80 Å². The molecule has 1 N–H and O–H groups in total. The Morgan fingerprint density at radius 3 is 2.73 bits per heavy atom. The third-order valence-corrected chi connectivity index (χ3v) is 4.57. The molecule has 5 nitrogen and oxygen atoms in total. The number of amides is 1. The van der Waals surface area contributed by atoms with Gasteiger partial charge in [0.15, 0.2) is 0 Å². The van der Waals surface area contributed by atoms with E-state index in [4.69, 9.17) is 4.99 Å². The highest BCUT2D eigenvalue weighted by atomic mass is 16.2. The first-order chi connectivity index (χ1) is 10.7. The number of anilines is 1. The lowest BCUT2D eigenvalue weighted by molar-refractivity contribution is -0.124. The molecule has 0 radical (unpaired) electrons. The summed E-state index contributed by atoms with van der Waals surface area (Å²) in [6.45, 7) is 2.68. The summed E-state index contributed by atoms with van der Waals surface area (Å²) in [6.07, 6.45) is 3.67. The lowest BCUT2D eigenvalue weighted by atomic mass is 10.1. The standard InChI is InChI=1S/C17H20N4O/c1-20-11-12-15(17(20)22)18-13-7-3-4-8-14(13)19-16(12)21-9-5-2-6-10-21/h3-4,7-8,18H,2,5-6,9-11H2,1H3. The first kappa shape index (κ1) is 13.4. The fourth-order valence-corrected chi connectivity index (χ4v) is 3.38. The highest BCUT2D eigenvalue weighted by Gasteiger charge is 2.35. The van der Waals surface area contributed by atoms with Crippen molar-refractivity contribution in [2.45, 2.75) is 19.3 Å². The molecule has 0 unspecified atom stereocenters. The number of piperidine rings is 1. The van der Waals surface area contributed by atoms with Crippen molar-refractivity contribution in [1.29, 1.82) is 0 Å². The van der Waals surface area contributed by atoms with E-state index in [1.807, 2.05) is 31.3 Å². The highest BCUT2D eigenvalue weighted by Crippen LogP contribution is 2.34. The van der Waals surface area contributed by atoms with Gasteiger partial charge in [-0.25, -0.2) is 4.99 Å². The van der Waals surface area contributed by atoms with Gasteiger partial charge in [-0.1, -0.05) is 12.1 Å². The summed E-state index contributed by atoms with van der Waals surface area (Å²) < 4.78 is 0. The highest BCUT2D eigenvalue weighted by molar-refractivity contribution is 6.14. The number of nitrogens with one attached hydrogen (secondary N) is 1. The van der Waals surface area contributed by atoms with E-state index in [1.165, 1.54) is 19.3 Å². The van der Waals surface area contributed by atoms with Crippen molar-refractivity contribution < 1.29 is 4.79 Å². The second kappa shape index (κ2) is 5.16. The maximum Gasteiger partial charge on any atom is 0.270 e. The van der Waals surface area contributed by atoms with E-state index in [2.05, 4.69) is 10.2 Å². The summed E-state index contributed by atoms with van der Waals surface area (Å²) in [5.74, 6) is 1.03. The molecule has 114 valence electrons. The molecule has 0 bridgehead atoms. The number of fused-ring (bicyclic) bond motifs is 1. The predicted molar refractivity (Wildman–Crippen MR) is 87.2 cm³/mol. The molecule has 5 heteroatoms. The average molecular weight is 296 g/mol. The van der Waals surface area contributed by atoms with Crippen molar-refractivity contribution in [2.24, 2.45) is 4.99 Å². The van der Waals surface area contributed by atoms with Crippen LogP contribution in [-0.2, 0) is 4.79 Å². The van der Waals surface area contributed by atoms with Crippen LogP contribution < -0.4 is 5.32 Å². The van der Waals surface area contributed by atoms with Crippen molar-refractivity contribution in [3.05, 3.63) is 35.5 Å². The van der Waals surface area contributed by atoms with E-state index in [-0.39, 0.29) is 5.91 Å². The van der Waals surface area contributed by atoms with Gasteiger partial charge in [-0.05, 0) is 31.4 Å². The Kier molecular flexibility index (Phi) is 3.13. The zero-order valence-corrected chi connectivity index (χ0v) is 12.8. The van der Waals surface area contributed by atoms with Crippen LogP contribution in [0.25, 0.3) is 0 Å². The van der Waals surface area contributed by atoms with Crippen LogP contribution in [0.5, 0.6) is 0 Å². The number of hydrogen-bond donors (Lipinski definition) is 1. The van der Waals surface area contributed by atoms with Crippen molar-refractivity contribution in [3.8, 4) is 0 Å². The molecular weight excluding hydrogens is 276 g/mol. The number of amidine groups is 1. The van der Waals surface area contributed by atoms with Crippen LogP contribution in [-0.4, -0.2) is 48.2 Å². The topological polar surface area (TPSA) is 47.9 Å². The SMILES string of the molecule is CN1CC2=C(Nc3ccccc3N=C2N2CCCCC2)C1=O. The van der Waals surface area contributed by atoms with Crippen LogP contribution in [0.4, 0.5) is 11.4 Å². The largest absolute Gasteiger partial charge is 0.356 e. The monoisotopic (exact) mass is 296 g/mol. The number of para-hydroxylation sites is 2. The molecule has 0 atom stereocenters. The summed E-state index contributed by atoms with van der Waals surface area (Å²) >= 11 is 0. The minimum Gasteiger partial charge on any atom is -0.356 e. The number of carbonyl (C=O) groups excluding carboxylic acids is 1. The van der Waals surface area contributed by atoms with E-state index in [0.717, 1.165) is 35.9 Å². The first-order valence-corrected chi connectivity index (χ1v) is 7.93. The van der Waals surface area contributed by atoms with Gasteiger partial charge in [-0.15, -0.1) is 0 Å². The lowest BCUT2D eigenvalue weighted by Gasteiger charge is -2.30. The molecule has 0 aliphatic carbocycles. The van der Waals surface area contributed by atoms with Crippen molar-refractivity contribution >= 4 is 23.1 Å². The molecule has 1 aromatic carbocycles.